The van der Waals surface area contributed by atoms with Crippen molar-refractivity contribution in [1.29, 1.82) is 0 Å². The van der Waals surface area contributed by atoms with Gasteiger partial charge in [-0.1, -0.05) is 38.7 Å². The van der Waals surface area contributed by atoms with E-state index in [1.807, 2.05) is 0 Å². The summed E-state index contributed by atoms with van der Waals surface area (Å²) in [5, 5.41) is 0. The molecule has 184 valence electrons. The summed E-state index contributed by atoms with van der Waals surface area (Å²) in [7, 11) is 0. The molecule has 0 N–H and O–H groups in total. The first-order chi connectivity index (χ1) is 16.4. The van der Waals surface area contributed by atoms with Crippen molar-refractivity contribution >= 4 is 11.7 Å². The van der Waals surface area contributed by atoms with E-state index in [1.165, 1.54) is 50.7 Å². The molecule has 0 aromatic heterocycles. The SMILES string of the molecule is CCCC1CCC(C2CCC(c3ccc(C(F)=C(F)c4ccc(F)c(F)c4)c(F)c3)CC2)CC1. The minimum Gasteiger partial charge on any atom is -0.206 e. The lowest BCUT2D eigenvalue weighted by atomic mass is 9.68. The largest absolute Gasteiger partial charge is 0.206 e. The van der Waals surface area contributed by atoms with E-state index in [1.54, 1.807) is 6.07 Å². The molecule has 2 aliphatic rings. The van der Waals surface area contributed by atoms with E-state index in [0.717, 1.165) is 55.1 Å². The topological polar surface area (TPSA) is 0 Å². The van der Waals surface area contributed by atoms with Crippen LogP contribution in [0.15, 0.2) is 36.4 Å². The van der Waals surface area contributed by atoms with Gasteiger partial charge in [0.05, 0.1) is 0 Å². The average Bonchev–Trinajstić information content (AvgIpc) is 2.85. The zero-order valence-electron chi connectivity index (χ0n) is 19.7. The van der Waals surface area contributed by atoms with Crippen LogP contribution in [0.2, 0.25) is 0 Å². The molecule has 0 spiro atoms. The molecule has 2 fully saturated rings. The summed E-state index contributed by atoms with van der Waals surface area (Å²) in [6.07, 6.45) is 12.2. The number of hydrogen-bond acceptors (Lipinski definition) is 0. The summed E-state index contributed by atoms with van der Waals surface area (Å²) in [6, 6.07) is 6.41. The van der Waals surface area contributed by atoms with E-state index in [0.29, 0.717) is 12.1 Å². The highest BCUT2D eigenvalue weighted by Crippen LogP contribution is 2.45. The van der Waals surface area contributed by atoms with Crippen LogP contribution in [0, 0.1) is 35.2 Å². The van der Waals surface area contributed by atoms with Crippen molar-refractivity contribution in [2.75, 3.05) is 0 Å². The quantitative estimate of drug-likeness (QED) is 0.287. The highest BCUT2D eigenvalue weighted by molar-refractivity contribution is 5.83. The Bertz CT molecular complexity index is 1010. The van der Waals surface area contributed by atoms with E-state index < -0.39 is 40.2 Å². The lowest BCUT2D eigenvalue weighted by Crippen LogP contribution is -2.25. The van der Waals surface area contributed by atoms with Gasteiger partial charge >= 0.3 is 0 Å². The van der Waals surface area contributed by atoms with Crippen LogP contribution >= 0.6 is 0 Å². The van der Waals surface area contributed by atoms with Crippen molar-refractivity contribution in [3.8, 4) is 0 Å². The lowest BCUT2D eigenvalue weighted by molar-refractivity contribution is 0.156. The van der Waals surface area contributed by atoms with Crippen molar-refractivity contribution in [3.05, 3.63) is 70.5 Å². The van der Waals surface area contributed by atoms with Gasteiger partial charge in [0.25, 0.3) is 0 Å². The van der Waals surface area contributed by atoms with Gasteiger partial charge in [-0.15, -0.1) is 0 Å². The van der Waals surface area contributed by atoms with E-state index in [9.17, 15) is 22.0 Å². The molecule has 34 heavy (non-hydrogen) atoms. The third kappa shape index (κ3) is 5.55. The number of benzene rings is 2. The van der Waals surface area contributed by atoms with Crippen molar-refractivity contribution in [3.63, 3.8) is 0 Å². The van der Waals surface area contributed by atoms with Gasteiger partial charge in [0.1, 0.15) is 5.82 Å². The Morgan fingerprint density at radius 3 is 1.94 bits per heavy atom. The second kappa shape index (κ2) is 11.0. The first-order valence-corrected chi connectivity index (χ1v) is 12.7. The molecule has 0 nitrogen and oxygen atoms in total. The van der Waals surface area contributed by atoms with Crippen LogP contribution in [0.3, 0.4) is 0 Å². The van der Waals surface area contributed by atoms with Gasteiger partial charge in [-0.2, -0.15) is 0 Å². The molecule has 2 aliphatic carbocycles. The zero-order chi connectivity index (χ0) is 24.2. The summed E-state index contributed by atoms with van der Waals surface area (Å²) < 4.78 is 70.4. The standard InChI is InChI=1S/C29H33F5/c1-2-3-18-4-6-19(7-5-18)20-8-10-21(11-9-20)22-12-14-24(26(31)16-22)29(34)28(33)23-13-15-25(30)27(32)17-23/h12-21H,2-11H2,1H3. The Morgan fingerprint density at radius 2 is 1.35 bits per heavy atom. The molecule has 2 aromatic rings. The van der Waals surface area contributed by atoms with E-state index in [-0.39, 0.29) is 5.92 Å². The Balaban J connectivity index is 1.39. The third-order valence-corrected chi connectivity index (χ3v) is 8.09. The summed E-state index contributed by atoms with van der Waals surface area (Å²) in [5.74, 6) is -3.45. The van der Waals surface area contributed by atoms with Gasteiger partial charge in [0, 0.05) is 11.1 Å². The molecule has 5 heteroatoms. The second-order valence-electron chi connectivity index (χ2n) is 10.2. The molecule has 0 unspecified atom stereocenters. The van der Waals surface area contributed by atoms with Gasteiger partial charge in [-0.3, -0.25) is 0 Å². The Morgan fingerprint density at radius 1 is 0.706 bits per heavy atom. The average molecular weight is 477 g/mol. The van der Waals surface area contributed by atoms with Crippen LogP contribution in [0.25, 0.3) is 11.7 Å². The van der Waals surface area contributed by atoms with Gasteiger partial charge in [0.15, 0.2) is 23.3 Å². The Hall–Kier alpha value is -2.17. The second-order valence-corrected chi connectivity index (χ2v) is 10.2. The molecule has 2 saturated carbocycles. The highest BCUT2D eigenvalue weighted by Gasteiger charge is 2.31. The molecule has 2 aromatic carbocycles. The smallest absolute Gasteiger partial charge is 0.169 e. The molecule has 0 aliphatic heterocycles. The van der Waals surface area contributed by atoms with Crippen molar-refractivity contribution in [1.82, 2.24) is 0 Å². The molecule has 0 saturated heterocycles. The number of halogens is 5. The molecule has 0 amide bonds. The molecule has 0 radical (unpaired) electrons. The maximum absolute atomic E-state index is 14.8. The Kier molecular flexibility index (Phi) is 8.10. The zero-order valence-corrected chi connectivity index (χ0v) is 19.7. The Labute approximate surface area is 199 Å². The number of hydrogen-bond donors (Lipinski definition) is 0. The van der Waals surface area contributed by atoms with Crippen LogP contribution in [-0.2, 0) is 0 Å². The first kappa shape index (κ1) is 24.9. The summed E-state index contributed by atoms with van der Waals surface area (Å²) >= 11 is 0. The molecular formula is C29H33F5. The highest BCUT2D eigenvalue weighted by atomic mass is 19.2. The maximum Gasteiger partial charge on any atom is 0.169 e. The lowest BCUT2D eigenvalue weighted by Gasteiger charge is -2.38. The maximum atomic E-state index is 14.8. The predicted octanol–water partition coefficient (Wildman–Crippen LogP) is 9.75. The van der Waals surface area contributed by atoms with Crippen molar-refractivity contribution in [2.45, 2.75) is 77.0 Å². The molecule has 0 bridgehead atoms. The van der Waals surface area contributed by atoms with Gasteiger partial charge in [-0.25, -0.2) is 22.0 Å². The predicted molar refractivity (Wildman–Crippen MR) is 127 cm³/mol. The fourth-order valence-electron chi connectivity index (χ4n) is 6.12. The van der Waals surface area contributed by atoms with Crippen LogP contribution in [-0.4, -0.2) is 0 Å². The van der Waals surface area contributed by atoms with E-state index in [4.69, 9.17) is 0 Å². The number of rotatable bonds is 6. The fourth-order valence-corrected chi connectivity index (χ4v) is 6.12. The fraction of sp³-hybridized carbons (Fsp3) is 0.517. The normalized spacial score (nSPS) is 26.3. The first-order valence-electron chi connectivity index (χ1n) is 12.7. The minimum absolute atomic E-state index is 0.222. The monoisotopic (exact) mass is 476 g/mol. The van der Waals surface area contributed by atoms with Gasteiger partial charge < -0.3 is 0 Å². The third-order valence-electron chi connectivity index (χ3n) is 8.09. The van der Waals surface area contributed by atoms with E-state index in [2.05, 4.69) is 6.92 Å². The molecular weight excluding hydrogens is 443 g/mol. The van der Waals surface area contributed by atoms with Crippen LogP contribution in [0.4, 0.5) is 22.0 Å². The van der Waals surface area contributed by atoms with Crippen molar-refractivity contribution in [2.24, 2.45) is 17.8 Å². The van der Waals surface area contributed by atoms with Crippen molar-refractivity contribution < 1.29 is 22.0 Å². The molecule has 0 heterocycles. The summed E-state index contributed by atoms with van der Waals surface area (Å²) in [6.45, 7) is 2.26. The van der Waals surface area contributed by atoms with Gasteiger partial charge in [0.2, 0.25) is 0 Å². The van der Waals surface area contributed by atoms with E-state index >= 15 is 0 Å². The van der Waals surface area contributed by atoms with Crippen LogP contribution < -0.4 is 0 Å². The molecule has 0 atom stereocenters. The minimum atomic E-state index is -1.42. The molecule has 4 rings (SSSR count). The van der Waals surface area contributed by atoms with Crippen LogP contribution in [0.5, 0.6) is 0 Å². The summed E-state index contributed by atoms with van der Waals surface area (Å²) in [5.41, 5.74) is -0.169. The summed E-state index contributed by atoms with van der Waals surface area (Å²) in [4.78, 5) is 0. The van der Waals surface area contributed by atoms with Crippen LogP contribution in [0.1, 0.15) is 93.7 Å². The van der Waals surface area contributed by atoms with Gasteiger partial charge in [-0.05, 0) is 98.1 Å².